The molecule has 1 fully saturated rings. The van der Waals surface area contributed by atoms with Crippen LogP contribution in [0.2, 0.25) is 0 Å². The van der Waals surface area contributed by atoms with Crippen LogP contribution < -0.4 is 5.32 Å². The van der Waals surface area contributed by atoms with E-state index in [2.05, 4.69) is 33.0 Å². The number of nitrogens with one attached hydrogen (secondary N) is 1. The van der Waals surface area contributed by atoms with Crippen molar-refractivity contribution in [3.05, 3.63) is 59.2 Å². The highest BCUT2D eigenvalue weighted by Gasteiger charge is 2.29. The van der Waals surface area contributed by atoms with Crippen molar-refractivity contribution in [3.8, 4) is 0 Å². The third-order valence-corrected chi connectivity index (χ3v) is 7.99. The SMILES string of the molecule is Cc1cccc(C(C)C)c1NC(=O)CN1CCN(S(=O)(=O)c2ccc(C(C)C)cc2)CC1. The average molecular weight is 458 g/mol. The highest BCUT2D eigenvalue weighted by Crippen LogP contribution is 2.27. The number of carbonyl (C=O) groups excluding carboxylic acids is 1. The van der Waals surface area contributed by atoms with E-state index < -0.39 is 10.0 Å². The zero-order valence-corrected chi connectivity index (χ0v) is 20.6. The molecule has 1 N–H and O–H groups in total. The minimum Gasteiger partial charge on any atom is -0.324 e. The molecule has 7 heteroatoms. The first kappa shape index (κ1) is 24.4. The van der Waals surface area contributed by atoms with Gasteiger partial charge in [0.25, 0.3) is 0 Å². The lowest BCUT2D eigenvalue weighted by Crippen LogP contribution is -2.50. The number of hydrogen-bond donors (Lipinski definition) is 1. The largest absolute Gasteiger partial charge is 0.324 e. The van der Waals surface area contributed by atoms with E-state index in [0.29, 0.717) is 42.9 Å². The van der Waals surface area contributed by atoms with Crippen molar-refractivity contribution in [3.63, 3.8) is 0 Å². The van der Waals surface area contributed by atoms with Crippen LogP contribution in [-0.2, 0) is 14.8 Å². The maximum absolute atomic E-state index is 13.0. The molecule has 0 bridgehead atoms. The summed E-state index contributed by atoms with van der Waals surface area (Å²) in [6.45, 7) is 12.5. The number of carbonyl (C=O) groups is 1. The Morgan fingerprint density at radius 1 is 0.938 bits per heavy atom. The lowest BCUT2D eigenvalue weighted by molar-refractivity contribution is -0.117. The van der Waals surface area contributed by atoms with Crippen LogP contribution in [0.1, 0.15) is 56.2 Å². The lowest BCUT2D eigenvalue weighted by atomic mass is 9.98. The minimum absolute atomic E-state index is 0.0678. The molecule has 0 radical (unpaired) electrons. The maximum Gasteiger partial charge on any atom is 0.243 e. The van der Waals surface area contributed by atoms with E-state index >= 15 is 0 Å². The molecule has 32 heavy (non-hydrogen) atoms. The topological polar surface area (TPSA) is 69.7 Å². The van der Waals surface area contributed by atoms with E-state index in [9.17, 15) is 13.2 Å². The molecule has 1 aliphatic rings. The van der Waals surface area contributed by atoms with Crippen LogP contribution in [0.5, 0.6) is 0 Å². The Balaban J connectivity index is 1.58. The van der Waals surface area contributed by atoms with Gasteiger partial charge in [-0.05, 0) is 47.6 Å². The van der Waals surface area contributed by atoms with Crippen LogP contribution in [0.15, 0.2) is 47.4 Å². The van der Waals surface area contributed by atoms with Gasteiger partial charge in [-0.25, -0.2) is 8.42 Å². The summed E-state index contributed by atoms with van der Waals surface area (Å²) in [6.07, 6.45) is 0. The maximum atomic E-state index is 13.0. The van der Waals surface area contributed by atoms with Crippen LogP contribution in [0.25, 0.3) is 0 Å². The fourth-order valence-electron chi connectivity index (χ4n) is 4.03. The first-order valence-corrected chi connectivity index (χ1v) is 12.8. The molecule has 0 atom stereocenters. The number of anilines is 1. The number of nitrogens with zero attached hydrogens (tertiary/aromatic N) is 2. The summed E-state index contributed by atoms with van der Waals surface area (Å²) in [7, 11) is -3.52. The molecule has 174 valence electrons. The van der Waals surface area contributed by atoms with Gasteiger partial charge >= 0.3 is 0 Å². The molecule has 2 aromatic rings. The lowest BCUT2D eigenvalue weighted by Gasteiger charge is -2.33. The Morgan fingerprint density at radius 2 is 1.56 bits per heavy atom. The number of para-hydroxylation sites is 1. The highest BCUT2D eigenvalue weighted by molar-refractivity contribution is 7.89. The van der Waals surface area contributed by atoms with Gasteiger partial charge in [-0.1, -0.05) is 58.0 Å². The molecule has 1 amide bonds. The summed E-state index contributed by atoms with van der Waals surface area (Å²) in [5.41, 5.74) is 4.18. The van der Waals surface area contributed by atoms with Crippen molar-refractivity contribution in [2.45, 2.75) is 51.3 Å². The van der Waals surface area contributed by atoms with Crippen molar-refractivity contribution in [2.24, 2.45) is 0 Å². The van der Waals surface area contributed by atoms with Gasteiger partial charge in [0.2, 0.25) is 15.9 Å². The second-order valence-corrected chi connectivity index (χ2v) is 11.1. The van der Waals surface area contributed by atoms with Crippen molar-refractivity contribution in [1.82, 2.24) is 9.21 Å². The van der Waals surface area contributed by atoms with Gasteiger partial charge in [0.1, 0.15) is 0 Å². The Morgan fingerprint density at radius 3 is 2.12 bits per heavy atom. The molecule has 0 aliphatic carbocycles. The summed E-state index contributed by atoms with van der Waals surface area (Å²) in [5.74, 6) is 0.605. The first-order valence-electron chi connectivity index (χ1n) is 11.3. The van der Waals surface area contributed by atoms with E-state index in [-0.39, 0.29) is 12.5 Å². The summed E-state index contributed by atoms with van der Waals surface area (Å²) in [5, 5.41) is 3.08. The van der Waals surface area contributed by atoms with E-state index in [4.69, 9.17) is 0 Å². The highest BCUT2D eigenvalue weighted by atomic mass is 32.2. The number of piperazine rings is 1. The van der Waals surface area contributed by atoms with Crippen LogP contribution in [0.3, 0.4) is 0 Å². The molecule has 1 saturated heterocycles. The monoisotopic (exact) mass is 457 g/mol. The number of hydrogen-bond acceptors (Lipinski definition) is 4. The normalized spacial score (nSPS) is 16.0. The van der Waals surface area contributed by atoms with Gasteiger partial charge < -0.3 is 5.32 Å². The Labute approximate surface area is 192 Å². The summed E-state index contributed by atoms with van der Waals surface area (Å²) in [6, 6.07) is 13.2. The number of rotatable bonds is 7. The zero-order valence-electron chi connectivity index (χ0n) is 19.8. The number of sulfonamides is 1. The van der Waals surface area contributed by atoms with Gasteiger partial charge in [0.15, 0.2) is 0 Å². The first-order chi connectivity index (χ1) is 15.1. The van der Waals surface area contributed by atoms with Gasteiger partial charge in [0, 0.05) is 31.9 Å². The molecule has 1 aliphatic heterocycles. The Hall–Kier alpha value is -2.22. The Kier molecular flexibility index (Phi) is 7.75. The van der Waals surface area contributed by atoms with Gasteiger partial charge in [-0.3, -0.25) is 9.69 Å². The third kappa shape index (κ3) is 5.57. The van der Waals surface area contributed by atoms with E-state index in [1.807, 2.05) is 42.2 Å². The zero-order chi connectivity index (χ0) is 23.5. The number of amides is 1. The van der Waals surface area contributed by atoms with Crippen LogP contribution in [0.4, 0.5) is 5.69 Å². The number of aryl methyl sites for hydroxylation is 1. The van der Waals surface area contributed by atoms with Crippen molar-refractivity contribution in [1.29, 1.82) is 0 Å². The van der Waals surface area contributed by atoms with Gasteiger partial charge in [-0.2, -0.15) is 4.31 Å². The molecular formula is C25H35N3O3S. The van der Waals surface area contributed by atoms with E-state index in [1.54, 1.807) is 12.1 Å². The van der Waals surface area contributed by atoms with Crippen LogP contribution in [-0.4, -0.2) is 56.3 Å². The molecule has 0 aromatic heterocycles. The minimum atomic E-state index is -3.52. The fourth-order valence-corrected chi connectivity index (χ4v) is 5.45. The number of benzene rings is 2. The van der Waals surface area contributed by atoms with Crippen molar-refractivity contribution in [2.75, 3.05) is 38.0 Å². The summed E-state index contributed by atoms with van der Waals surface area (Å²) >= 11 is 0. The molecule has 0 spiro atoms. The van der Waals surface area contributed by atoms with Gasteiger partial charge in [0.05, 0.1) is 11.4 Å². The molecule has 0 unspecified atom stereocenters. The molecular weight excluding hydrogens is 422 g/mol. The van der Waals surface area contributed by atoms with Crippen LogP contribution in [0, 0.1) is 6.92 Å². The summed E-state index contributed by atoms with van der Waals surface area (Å²) < 4.78 is 27.5. The third-order valence-electron chi connectivity index (χ3n) is 6.07. The molecule has 0 saturated carbocycles. The van der Waals surface area contributed by atoms with E-state index in [1.165, 1.54) is 4.31 Å². The predicted molar refractivity (Wildman–Crippen MR) is 130 cm³/mol. The fraction of sp³-hybridized carbons (Fsp3) is 0.480. The summed E-state index contributed by atoms with van der Waals surface area (Å²) in [4.78, 5) is 15.0. The molecule has 2 aromatic carbocycles. The van der Waals surface area contributed by atoms with E-state index in [0.717, 1.165) is 22.4 Å². The van der Waals surface area contributed by atoms with Crippen molar-refractivity contribution < 1.29 is 13.2 Å². The standard InChI is InChI=1S/C25H35N3O3S/c1-18(2)21-9-11-22(12-10-21)32(30,31)28-15-13-27(14-16-28)17-24(29)26-25-20(5)7-6-8-23(25)19(3)4/h6-12,18-19H,13-17H2,1-5H3,(H,26,29). The van der Waals surface area contributed by atoms with Gasteiger partial charge in [-0.15, -0.1) is 0 Å². The van der Waals surface area contributed by atoms with Crippen LogP contribution >= 0.6 is 0 Å². The van der Waals surface area contributed by atoms with Crippen molar-refractivity contribution >= 4 is 21.6 Å². The smallest absolute Gasteiger partial charge is 0.243 e. The molecule has 3 rings (SSSR count). The average Bonchev–Trinajstić information content (AvgIpc) is 2.75. The predicted octanol–water partition coefficient (Wildman–Crippen LogP) is 4.19. The molecule has 6 nitrogen and oxygen atoms in total. The quantitative estimate of drug-likeness (QED) is 0.677. The molecule has 1 heterocycles. The second kappa shape index (κ2) is 10.1. The second-order valence-electron chi connectivity index (χ2n) is 9.15. The Bertz CT molecular complexity index is 1040.